The lowest BCUT2D eigenvalue weighted by atomic mass is 10.3. The standard InChI is InChI=1S/C10H14N2O2/c1-8(2)10(14-9(3)13)12-7-5-4-6-11-12/h4-7,10-11H,1H2,2-3H3. The maximum atomic E-state index is 10.8. The van der Waals surface area contributed by atoms with E-state index in [0.29, 0.717) is 0 Å². The van der Waals surface area contributed by atoms with Crippen molar-refractivity contribution in [2.24, 2.45) is 0 Å². The van der Waals surface area contributed by atoms with E-state index < -0.39 is 6.23 Å². The third-order valence-corrected chi connectivity index (χ3v) is 1.63. The largest absolute Gasteiger partial charge is 0.436 e. The van der Waals surface area contributed by atoms with Gasteiger partial charge >= 0.3 is 5.97 Å². The number of nitrogens with one attached hydrogen (secondary N) is 1. The lowest BCUT2D eigenvalue weighted by Crippen LogP contribution is -2.42. The van der Waals surface area contributed by atoms with Crippen LogP contribution in [0.4, 0.5) is 0 Å². The van der Waals surface area contributed by atoms with Gasteiger partial charge in [0.15, 0.2) is 0 Å². The molecular formula is C10H14N2O2. The van der Waals surface area contributed by atoms with Crippen molar-refractivity contribution in [1.82, 2.24) is 10.4 Å². The molecule has 1 N–H and O–H groups in total. The lowest BCUT2D eigenvalue weighted by Gasteiger charge is -2.30. The molecule has 0 aromatic carbocycles. The molecule has 1 heterocycles. The second-order valence-electron chi connectivity index (χ2n) is 3.05. The normalized spacial score (nSPS) is 16.0. The first-order chi connectivity index (χ1) is 6.61. The summed E-state index contributed by atoms with van der Waals surface area (Å²) in [5.41, 5.74) is 3.69. The summed E-state index contributed by atoms with van der Waals surface area (Å²) >= 11 is 0. The molecule has 1 unspecified atom stereocenters. The average molecular weight is 194 g/mol. The fourth-order valence-electron chi connectivity index (χ4n) is 1.07. The molecule has 0 saturated heterocycles. The van der Waals surface area contributed by atoms with E-state index in [1.165, 1.54) is 6.92 Å². The summed E-state index contributed by atoms with van der Waals surface area (Å²) in [4.78, 5) is 10.8. The number of rotatable bonds is 3. The molecular weight excluding hydrogens is 180 g/mol. The Morgan fingerprint density at radius 3 is 2.64 bits per heavy atom. The first-order valence-electron chi connectivity index (χ1n) is 4.31. The Morgan fingerprint density at radius 1 is 1.50 bits per heavy atom. The number of esters is 1. The van der Waals surface area contributed by atoms with Crippen LogP contribution < -0.4 is 5.43 Å². The minimum atomic E-state index is -0.464. The summed E-state index contributed by atoms with van der Waals surface area (Å²) in [6.07, 6.45) is 6.76. The van der Waals surface area contributed by atoms with Crippen LogP contribution in [0.1, 0.15) is 13.8 Å². The van der Waals surface area contributed by atoms with Crippen LogP contribution in [0.5, 0.6) is 0 Å². The van der Waals surface area contributed by atoms with Crippen molar-refractivity contribution in [2.75, 3.05) is 0 Å². The molecule has 0 spiro atoms. The minimum absolute atomic E-state index is 0.331. The Hall–Kier alpha value is -1.71. The van der Waals surface area contributed by atoms with Gasteiger partial charge in [-0.1, -0.05) is 6.58 Å². The number of hydrogen-bond acceptors (Lipinski definition) is 4. The molecule has 0 fully saturated rings. The first kappa shape index (κ1) is 10.4. The van der Waals surface area contributed by atoms with Crippen LogP contribution in [0.2, 0.25) is 0 Å². The molecule has 0 bridgehead atoms. The third-order valence-electron chi connectivity index (χ3n) is 1.63. The lowest BCUT2D eigenvalue weighted by molar-refractivity contribution is -0.152. The number of hydrazine groups is 1. The summed E-state index contributed by atoms with van der Waals surface area (Å²) in [7, 11) is 0. The maximum absolute atomic E-state index is 10.8. The van der Waals surface area contributed by atoms with Crippen molar-refractivity contribution in [1.29, 1.82) is 0 Å². The van der Waals surface area contributed by atoms with Gasteiger partial charge in [-0.2, -0.15) is 0 Å². The Bertz CT molecular complexity index is 294. The maximum Gasteiger partial charge on any atom is 0.304 e. The van der Waals surface area contributed by atoms with Gasteiger partial charge in [-0.15, -0.1) is 0 Å². The monoisotopic (exact) mass is 194 g/mol. The second kappa shape index (κ2) is 4.50. The fourth-order valence-corrected chi connectivity index (χ4v) is 1.07. The van der Waals surface area contributed by atoms with Crippen molar-refractivity contribution in [3.05, 3.63) is 36.7 Å². The van der Waals surface area contributed by atoms with Crippen molar-refractivity contribution in [3.8, 4) is 0 Å². The minimum Gasteiger partial charge on any atom is -0.436 e. The zero-order valence-corrected chi connectivity index (χ0v) is 8.36. The Kier molecular flexibility index (Phi) is 3.34. The Balaban J connectivity index is 2.67. The quantitative estimate of drug-likeness (QED) is 0.543. The van der Waals surface area contributed by atoms with Gasteiger partial charge in [0.05, 0.1) is 0 Å². The fraction of sp³-hybridized carbons (Fsp3) is 0.300. The van der Waals surface area contributed by atoms with Crippen molar-refractivity contribution in [3.63, 3.8) is 0 Å². The summed E-state index contributed by atoms with van der Waals surface area (Å²) in [6.45, 7) is 6.95. The number of carbonyl (C=O) groups excluding carboxylic acids is 1. The molecule has 1 atom stereocenters. The summed E-state index contributed by atoms with van der Waals surface area (Å²) in [6, 6.07) is 0. The summed E-state index contributed by atoms with van der Waals surface area (Å²) < 4.78 is 5.09. The molecule has 76 valence electrons. The van der Waals surface area contributed by atoms with Gasteiger partial charge in [-0.3, -0.25) is 9.80 Å². The number of nitrogens with zero attached hydrogens (tertiary/aromatic N) is 1. The van der Waals surface area contributed by atoms with Crippen molar-refractivity contribution >= 4 is 5.97 Å². The first-order valence-corrected chi connectivity index (χ1v) is 4.31. The van der Waals surface area contributed by atoms with E-state index in [1.54, 1.807) is 24.3 Å². The predicted molar refractivity (Wildman–Crippen MR) is 53.6 cm³/mol. The number of hydrogen-bond donors (Lipinski definition) is 1. The molecule has 0 aromatic heterocycles. The van der Waals surface area contributed by atoms with Gasteiger partial charge < -0.3 is 10.2 Å². The van der Waals surface area contributed by atoms with Crippen LogP contribution in [0.3, 0.4) is 0 Å². The van der Waals surface area contributed by atoms with Gasteiger partial charge in [0.25, 0.3) is 0 Å². The Morgan fingerprint density at radius 2 is 2.21 bits per heavy atom. The average Bonchev–Trinajstić information content (AvgIpc) is 2.15. The molecule has 14 heavy (non-hydrogen) atoms. The number of ether oxygens (including phenoxy) is 1. The van der Waals surface area contributed by atoms with Crippen LogP contribution in [-0.2, 0) is 9.53 Å². The van der Waals surface area contributed by atoms with Gasteiger partial charge in [-0.05, 0) is 24.6 Å². The van der Waals surface area contributed by atoms with Gasteiger partial charge in [-0.25, -0.2) is 0 Å². The van der Waals surface area contributed by atoms with Gasteiger partial charge in [0.2, 0.25) is 6.23 Å². The summed E-state index contributed by atoms with van der Waals surface area (Å²) in [5.74, 6) is -0.331. The molecule has 4 nitrogen and oxygen atoms in total. The molecule has 4 heteroatoms. The third kappa shape index (κ3) is 2.65. The molecule has 0 saturated carbocycles. The highest BCUT2D eigenvalue weighted by molar-refractivity contribution is 5.66. The van der Waals surface area contributed by atoms with Crippen molar-refractivity contribution < 1.29 is 9.53 Å². The molecule has 0 amide bonds. The zero-order chi connectivity index (χ0) is 10.6. The molecule has 0 aromatic rings. The highest BCUT2D eigenvalue weighted by Crippen LogP contribution is 2.10. The smallest absolute Gasteiger partial charge is 0.304 e. The van der Waals surface area contributed by atoms with E-state index in [0.717, 1.165) is 5.57 Å². The van der Waals surface area contributed by atoms with E-state index in [4.69, 9.17) is 4.74 Å². The topological polar surface area (TPSA) is 41.6 Å². The van der Waals surface area contributed by atoms with Crippen molar-refractivity contribution in [2.45, 2.75) is 20.1 Å². The Labute approximate surface area is 83.5 Å². The van der Waals surface area contributed by atoms with Crippen LogP contribution in [0, 0.1) is 0 Å². The zero-order valence-electron chi connectivity index (χ0n) is 8.36. The predicted octanol–water partition coefficient (Wildman–Crippen LogP) is 1.30. The van der Waals surface area contributed by atoms with E-state index in [-0.39, 0.29) is 5.97 Å². The van der Waals surface area contributed by atoms with Crippen LogP contribution in [-0.4, -0.2) is 17.2 Å². The molecule has 1 aliphatic rings. The van der Waals surface area contributed by atoms with E-state index in [1.807, 2.05) is 12.2 Å². The van der Waals surface area contributed by atoms with E-state index in [9.17, 15) is 4.79 Å². The van der Waals surface area contributed by atoms with Gasteiger partial charge in [0.1, 0.15) is 0 Å². The highest BCUT2D eigenvalue weighted by atomic mass is 16.6. The molecule has 1 aliphatic heterocycles. The van der Waals surface area contributed by atoms with Crippen LogP contribution in [0.15, 0.2) is 36.7 Å². The summed E-state index contributed by atoms with van der Waals surface area (Å²) in [5, 5.41) is 1.67. The number of carbonyl (C=O) groups is 1. The van der Waals surface area contributed by atoms with E-state index in [2.05, 4.69) is 12.0 Å². The molecule has 1 rings (SSSR count). The van der Waals surface area contributed by atoms with Gasteiger partial charge in [0, 0.05) is 19.3 Å². The van der Waals surface area contributed by atoms with E-state index >= 15 is 0 Å². The highest BCUT2D eigenvalue weighted by Gasteiger charge is 2.18. The SMILES string of the molecule is C=C(C)C(OC(C)=O)N1C=CC=CN1. The molecule has 0 aliphatic carbocycles. The molecule has 0 radical (unpaired) electrons. The van der Waals surface area contributed by atoms with Crippen LogP contribution in [0.25, 0.3) is 0 Å². The van der Waals surface area contributed by atoms with Crippen LogP contribution >= 0.6 is 0 Å². The second-order valence-corrected chi connectivity index (χ2v) is 3.05. The number of allylic oxidation sites excluding steroid dienone is 2.